The van der Waals surface area contributed by atoms with E-state index < -0.39 is 31.9 Å². The molecule has 0 radical (unpaired) electrons. The van der Waals surface area contributed by atoms with E-state index in [9.17, 15) is 22.4 Å². The van der Waals surface area contributed by atoms with Gasteiger partial charge in [-0.15, -0.1) is 0 Å². The number of carbonyl (C=O) groups excluding carboxylic acids is 1. The summed E-state index contributed by atoms with van der Waals surface area (Å²) in [5, 5.41) is 3.36. The Balaban J connectivity index is 1.77. The highest BCUT2D eigenvalue weighted by molar-refractivity contribution is 7.91. The Kier molecular flexibility index (Phi) is 6.05. The van der Waals surface area contributed by atoms with E-state index >= 15 is 0 Å². The molecule has 1 aromatic heterocycles. The Morgan fingerprint density at radius 1 is 1.06 bits per heavy atom. The SMILES string of the molecule is Cc1ccc(NC(=O)Cn2cc(S(=O)(=O)c3ccc(F)cc3)c(=O)c3ccccc32)cc1Cl. The first kappa shape index (κ1) is 22.7. The van der Waals surface area contributed by atoms with E-state index in [1.807, 2.05) is 6.92 Å². The van der Waals surface area contributed by atoms with Crippen LogP contribution in [0.1, 0.15) is 5.56 Å². The van der Waals surface area contributed by atoms with Crippen LogP contribution in [0.4, 0.5) is 10.1 Å². The van der Waals surface area contributed by atoms with Gasteiger partial charge in [0.1, 0.15) is 17.3 Å². The summed E-state index contributed by atoms with van der Waals surface area (Å²) in [6, 6.07) is 15.7. The number of nitrogens with one attached hydrogen (secondary N) is 1. The molecule has 3 aromatic carbocycles. The number of carbonyl (C=O) groups is 1. The van der Waals surface area contributed by atoms with Crippen molar-refractivity contribution in [3.05, 3.63) is 99.6 Å². The smallest absolute Gasteiger partial charge is 0.244 e. The number of rotatable bonds is 5. The average Bonchev–Trinajstić information content (AvgIpc) is 2.78. The number of aryl methyl sites for hydroxylation is 1. The van der Waals surface area contributed by atoms with Crippen molar-refractivity contribution in [3.63, 3.8) is 0 Å². The van der Waals surface area contributed by atoms with Crippen LogP contribution in [0.3, 0.4) is 0 Å². The van der Waals surface area contributed by atoms with Gasteiger partial charge in [-0.3, -0.25) is 9.59 Å². The molecule has 168 valence electrons. The van der Waals surface area contributed by atoms with Crippen molar-refractivity contribution in [3.8, 4) is 0 Å². The van der Waals surface area contributed by atoms with Gasteiger partial charge in [0.25, 0.3) is 0 Å². The molecule has 0 unspecified atom stereocenters. The van der Waals surface area contributed by atoms with Gasteiger partial charge < -0.3 is 9.88 Å². The molecule has 0 fully saturated rings. The quantitative estimate of drug-likeness (QED) is 0.420. The largest absolute Gasteiger partial charge is 0.336 e. The summed E-state index contributed by atoms with van der Waals surface area (Å²) >= 11 is 6.11. The Bertz CT molecular complexity index is 1550. The summed E-state index contributed by atoms with van der Waals surface area (Å²) in [6.07, 6.45) is 1.14. The fourth-order valence-corrected chi connectivity index (χ4v) is 4.96. The summed E-state index contributed by atoms with van der Waals surface area (Å²) in [6.45, 7) is 1.59. The number of para-hydroxylation sites is 1. The van der Waals surface area contributed by atoms with Crippen LogP contribution < -0.4 is 10.7 Å². The first-order valence-electron chi connectivity index (χ1n) is 9.85. The summed E-state index contributed by atoms with van der Waals surface area (Å²) < 4.78 is 41.0. The number of anilines is 1. The highest BCUT2D eigenvalue weighted by atomic mass is 35.5. The number of amides is 1. The molecule has 0 saturated heterocycles. The third-order valence-electron chi connectivity index (χ3n) is 5.14. The highest BCUT2D eigenvalue weighted by Crippen LogP contribution is 2.23. The molecule has 1 amide bonds. The standard InChI is InChI=1S/C24H18ClFN2O4S/c1-15-6-9-17(12-20(15)25)27-23(29)14-28-13-22(24(30)19-4-2-3-5-21(19)28)33(31,32)18-10-7-16(26)8-11-18/h2-13H,14H2,1H3,(H,27,29). The first-order chi connectivity index (χ1) is 15.7. The van der Waals surface area contributed by atoms with Crippen LogP contribution in [-0.4, -0.2) is 18.9 Å². The number of sulfone groups is 1. The molecule has 0 aliphatic heterocycles. The molecule has 4 aromatic rings. The lowest BCUT2D eigenvalue weighted by Gasteiger charge is -2.14. The van der Waals surface area contributed by atoms with Crippen molar-refractivity contribution >= 4 is 43.9 Å². The minimum absolute atomic E-state index is 0.145. The molecule has 6 nitrogen and oxygen atoms in total. The van der Waals surface area contributed by atoms with E-state index in [0.29, 0.717) is 16.2 Å². The highest BCUT2D eigenvalue weighted by Gasteiger charge is 2.24. The fourth-order valence-electron chi connectivity index (χ4n) is 3.41. The lowest BCUT2D eigenvalue weighted by Crippen LogP contribution is -2.24. The van der Waals surface area contributed by atoms with Gasteiger partial charge >= 0.3 is 0 Å². The number of nitrogens with zero attached hydrogens (tertiary/aromatic N) is 1. The summed E-state index contributed by atoms with van der Waals surface area (Å²) in [5.74, 6) is -1.04. The Hall–Kier alpha value is -3.49. The van der Waals surface area contributed by atoms with E-state index in [4.69, 9.17) is 11.6 Å². The van der Waals surface area contributed by atoms with Crippen LogP contribution in [-0.2, 0) is 21.2 Å². The van der Waals surface area contributed by atoms with Gasteiger partial charge in [-0.05, 0) is 61.0 Å². The van der Waals surface area contributed by atoms with Crippen LogP contribution >= 0.6 is 11.6 Å². The van der Waals surface area contributed by atoms with Gasteiger partial charge in [0.05, 0.1) is 10.4 Å². The average molecular weight is 485 g/mol. The minimum atomic E-state index is -4.25. The van der Waals surface area contributed by atoms with Gasteiger partial charge in [-0.2, -0.15) is 0 Å². The van der Waals surface area contributed by atoms with Crippen molar-refractivity contribution in [2.45, 2.75) is 23.3 Å². The van der Waals surface area contributed by atoms with E-state index in [2.05, 4.69) is 5.32 Å². The number of pyridine rings is 1. The van der Waals surface area contributed by atoms with Gasteiger partial charge in [0.15, 0.2) is 0 Å². The second-order valence-electron chi connectivity index (χ2n) is 7.44. The molecule has 1 N–H and O–H groups in total. The van der Waals surface area contributed by atoms with E-state index in [1.54, 1.807) is 36.4 Å². The molecule has 4 rings (SSSR count). The van der Waals surface area contributed by atoms with Crippen molar-refractivity contribution in [1.82, 2.24) is 4.57 Å². The maximum absolute atomic E-state index is 13.3. The van der Waals surface area contributed by atoms with E-state index in [0.717, 1.165) is 36.0 Å². The van der Waals surface area contributed by atoms with Gasteiger partial charge in [-0.25, -0.2) is 12.8 Å². The zero-order chi connectivity index (χ0) is 23.8. The molecule has 0 aliphatic carbocycles. The number of fused-ring (bicyclic) bond motifs is 1. The number of hydrogen-bond acceptors (Lipinski definition) is 4. The van der Waals surface area contributed by atoms with Crippen molar-refractivity contribution in [1.29, 1.82) is 0 Å². The molecular weight excluding hydrogens is 467 g/mol. The van der Waals surface area contributed by atoms with Crippen molar-refractivity contribution in [2.75, 3.05) is 5.32 Å². The second kappa shape index (κ2) is 8.80. The van der Waals surface area contributed by atoms with Crippen LogP contribution in [0.5, 0.6) is 0 Å². The molecule has 0 bridgehead atoms. The molecule has 9 heteroatoms. The minimum Gasteiger partial charge on any atom is -0.336 e. The van der Waals surface area contributed by atoms with Gasteiger partial charge in [0.2, 0.25) is 21.2 Å². The fraction of sp³-hybridized carbons (Fsp3) is 0.0833. The Morgan fingerprint density at radius 3 is 2.45 bits per heavy atom. The third kappa shape index (κ3) is 4.53. The third-order valence-corrected chi connectivity index (χ3v) is 7.31. The van der Waals surface area contributed by atoms with Crippen molar-refractivity contribution in [2.24, 2.45) is 0 Å². The van der Waals surface area contributed by atoms with Gasteiger partial charge in [-0.1, -0.05) is 29.8 Å². The van der Waals surface area contributed by atoms with Crippen LogP contribution in [0, 0.1) is 12.7 Å². The Labute approximate surface area is 194 Å². The predicted octanol–water partition coefficient (Wildman–Crippen LogP) is 4.57. The maximum atomic E-state index is 13.3. The lowest BCUT2D eigenvalue weighted by atomic mass is 10.2. The zero-order valence-corrected chi connectivity index (χ0v) is 19.0. The number of benzene rings is 3. The molecule has 0 atom stereocenters. The van der Waals surface area contributed by atoms with Crippen LogP contribution in [0.15, 0.2) is 87.5 Å². The maximum Gasteiger partial charge on any atom is 0.244 e. The van der Waals surface area contributed by atoms with E-state index in [-0.39, 0.29) is 16.8 Å². The van der Waals surface area contributed by atoms with Crippen LogP contribution in [0.25, 0.3) is 10.9 Å². The number of hydrogen-bond donors (Lipinski definition) is 1. The normalized spacial score (nSPS) is 11.5. The lowest BCUT2D eigenvalue weighted by molar-refractivity contribution is -0.116. The molecule has 0 aliphatic rings. The molecule has 0 saturated carbocycles. The zero-order valence-electron chi connectivity index (χ0n) is 17.4. The predicted molar refractivity (Wildman–Crippen MR) is 125 cm³/mol. The van der Waals surface area contributed by atoms with Crippen molar-refractivity contribution < 1.29 is 17.6 Å². The first-order valence-corrected chi connectivity index (χ1v) is 11.7. The molecule has 1 heterocycles. The number of aromatic nitrogens is 1. The molecular formula is C24H18ClFN2O4S. The second-order valence-corrected chi connectivity index (χ2v) is 9.76. The van der Waals surface area contributed by atoms with Gasteiger partial charge in [0, 0.05) is 22.3 Å². The monoisotopic (exact) mass is 484 g/mol. The summed E-state index contributed by atoms with van der Waals surface area (Å²) in [4.78, 5) is 25.0. The van der Waals surface area contributed by atoms with E-state index in [1.165, 1.54) is 10.6 Å². The Morgan fingerprint density at radius 2 is 1.76 bits per heavy atom. The topological polar surface area (TPSA) is 85.2 Å². The van der Waals surface area contributed by atoms with Crippen LogP contribution in [0.2, 0.25) is 5.02 Å². The summed E-state index contributed by atoms with van der Waals surface area (Å²) in [5.41, 5.74) is 1.05. The summed E-state index contributed by atoms with van der Waals surface area (Å²) in [7, 11) is -4.25. The molecule has 0 spiro atoms. The number of halogens is 2. The molecule has 33 heavy (non-hydrogen) atoms.